The summed E-state index contributed by atoms with van der Waals surface area (Å²) >= 11 is 0. The van der Waals surface area contributed by atoms with E-state index in [-0.39, 0.29) is 0 Å². The predicted molar refractivity (Wildman–Crippen MR) is 85.2 cm³/mol. The number of fused-ring (bicyclic) bond motifs is 1. The SMILES string of the molecule is CC(C)NCc1cnc(N2CCCC2)c2ccccc12. The van der Waals surface area contributed by atoms with Gasteiger partial charge in [0.05, 0.1) is 0 Å². The second kappa shape index (κ2) is 5.80. The lowest BCUT2D eigenvalue weighted by molar-refractivity contribution is 0.590. The minimum Gasteiger partial charge on any atom is -0.356 e. The molecule has 0 atom stereocenters. The van der Waals surface area contributed by atoms with Gasteiger partial charge >= 0.3 is 0 Å². The van der Waals surface area contributed by atoms with E-state index in [0.717, 1.165) is 25.5 Å². The van der Waals surface area contributed by atoms with Crippen LogP contribution in [0.1, 0.15) is 32.3 Å². The van der Waals surface area contributed by atoms with Crippen molar-refractivity contribution in [1.29, 1.82) is 0 Å². The summed E-state index contributed by atoms with van der Waals surface area (Å²) in [6.45, 7) is 7.51. The Balaban J connectivity index is 2.00. The van der Waals surface area contributed by atoms with Crippen LogP contribution in [-0.2, 0) is 6.54 Å². The first-order valence-corrected chi connectivity index (χ1v) is 7.60. The zero-order valence-corrected chi connectivity index (χ0v) is 12.4. The third-order valence-corrected chi connectivity index (χ3v) is 3.96. The summed E-state index contributed by atoms with van der Waals surface area (Å²) in [6, 6.07) is 9.15. The standard InChI is InChI=1S/C17H23N3/c1-13(2)18-11-14-12-19-17(20-9-5-6-10-20)16-8-4-3-7-15(14)16/h3-4,7-8,12-13,18H,5-6,9-11H2,1-2H3. The minimum absolute atomic E-state index is 0.493. The van der Waals surface area contributed by atoms with Crippen molar-refractivity contribution in [3.63, 3.8) is 0 Å². The van der Waals surface area contributed by atoms with Gasteiger partial charge in [0.1, 0.15) is 5.82 Å². The number of aromatic nitrogens is 1. The van der Waals surface area contributed by atoms with Gasteiger partial charge in [-0.15, -0.1) is 0 Å². The number of nitrogens with one attached hydrogen (secondary N) is 1. The molecule has 3 heteroatoms. The molecule has 20 heavy (non-hydrogen) atoms. The van der Waals surface area contributed by atoms with Gasteiger partial charge < -0.3 is 10.2 Å². The molecule has 2 heterocycles. The second-order valence-corrected chi connectivity index (χ2v) is 5.88. The normalized spacial score (nSPS) is 15.4. The lowest BCUT2D eigenvalue weighted by Crippen LogP contribution is -2.23. The first-order chi connectivity index (χ1) is 9.75. The molecule has 0 saturated carbocycles. The van der Waals surface area contributed by atoms with Gasteiger partial charge in [0, 0.05) is 37.3 Å². The molecule has 0 radical (unpaired) electrons. The van der Waals surface area contributed by atoms with Crippen LogP contribution in [0.25, 0.3) is 10.8 Å². The summed E-state index contributed by atoms with van der Waals surface area (Å²) in [4.78, 5) is 7.17. The number of rotatable bonds is 4. The summed E-state index contributed by atoms with van der Waals surface area (Å²) in [5, 5.41) is 6.11. The average molecular weight is 269 g/mol. The molecule has 3 rings (SSSR count). The lowest BCUT2D eigenvalue weighted by Gasteiger charge is -2.20. The molecule has 1 fully saturated rings. The van der Waals surface area contributed by atoms with Gasteiger partial charge in [-0.1, -0.05) is 38.1 Å². The number of hydrogen-bond acceptors (Lipinski definition) is 3. The Morgan fingerprint density at radius 2 is 1.85 bits per heavy atom. The Kier molecular flexibility index (Phi) is 3.88. The largest absolute Gasteiger partial charge is 0.356 e. The van der Waals surface area contributed by atoms with Gasteiger partial charge in [0.25, 0.3) is 0 Å². The molecule has 3 nitrogen and oxygen atoms in total. The van der Waals surface area contributed by atoms with Gasteiger partial charge in [0.2, 0.25) is 0 Å². The highest BCUT2D eigenvalue weighted by atomic mass is 15.2. The first-order valence-electron chi connectivity index (χ1n) is 7.60. The van der Waals surface area contributed by atoms with Crippen LogP contribution < -0.4 is 10.2 Å². The quantitative estimate of drug-likeness (QED) is 0.922. The molecule has 0 bridgehead atoms. The van der Waals surface area contributed by atoms with Crippen molar-refractivity contribution in [1.82, 2.24) is 10.3 Å². The van der Waals surface area contributed by atoms with Crippen molar-refractivity contribution in [2.24, 2.45) is 0 Å². The van der Waals surface area contributed by atoms with E-state index in [0.29, 0.717) is 6.04 Å². The van der Waals surface area contributed by atoms with Crippen LogP contribution in [0, 0.1) is 0 Å². The third-order valence-electron chi connectivity index (χ3n) is 3.96. The highest BCUT2D eigenvalue weighted by Crippen LogP contribution is 2.29. The topological polar surface area (TPSA) is 28.2 Å². The van der Waals surface area contributed by atoms with Crippen molar-refractivity contribution >= 4 is 16.6 Å². The van der Waals surface area contributed by atoms with Crippen molar-refractivity contribution in [2.45, 2.75) is 39.3 Å². The fourth-order valence-electron chi connectivity index (χ4n) is 2.87. The van der Waals surface area contributed by atoms with E-state index < -0.39 is 0 Å². The van der Waals surface area contributed by atoms with Gasteiger partial charge in [-0.05, 0) is 23.8 Å². The third kappa shape index (κ3) is 2.63. The summed E-state index contributed by atoms with van der Waals surface area (Å²) in [5.74, 6) is 1.16. The molecule has 1 aromatic heterocycles. The van der Waals surface area contributed by atoms with E-state index in [2.05, 4.69) is 48.3 Å². The molecule has 106 valence electrons. The molecule has 0 unspecified atom stereocenters. The van der Waals surface area contributed by atoms with Gasteiger partial charge in [-0.3, -0.25) is 0 Å². The average Bonchev–Trinajstić information content (AvgIpc) is 2.98. The van der Waals surface area contributed by atoms with Crippen LogP contribution in [0.2, 0.25) is 0 Å². The highest BCUT2D eigenvalue weighted by Gasteiger charge is 2.17. The zero-order chi connectivity index (χ0) is 13.9. The van der Waals surface area contributed by atoms with E-state index in [1.807, 2.05) is 6.20 Å². The molecule has 1 saturated heterocycles. The monoisotopic (exact) mass is 269 g/mol. The summed E-state index contributed by atoms with van der Waals surface area (Å²) < 4.78 is 0. The minimum atomic E-state index is 0.493. The molecule has 0 aliphatic carbocycles. The van der Waals surface area contributed by atoms with Crippen molar-refractivity contribution in [2.75, 3.05) is 18.0 Å². The number of hydrogen-bond donors (Lipinski definition) is 1. The fraction of sp³-hybridized carbons (Fsp3) is 0.471. The Hall–Kier alpha value is -1.61. The van der Waals surface area contributed by atoms with E-state index >= 15 is 0 Å². The van der Waals surface area contributed by atoms with Crippen molar-refractivity contribution < 1.29 is 0 Å². The Morgan fingerprint density at radius 3 is 2.55 bits per heavy atom. The predicted octanol–water partition coefficient (Wildman–Crippen LogP) is 3.33. The maximum absolute atomic E-state index is 4.75. The van der Waals surface area contributed by atoms with Crippen LogP contribution in [0.4, 0.5) is 5.82 Å². The zero-order valence-electron chi connectivity index (χ0n) is 12.4. The number of nitrogens with zero attached hydrogens (tertiary/aromatic N) is 2. The molecule has 1 aliphatic rings. The summed E-state index contributed by atoms with van der Waals surface area (Å²) in [5.41, 5.74) is 1.29. The molecule has 1 N–H and O–H groups in total. The van der Waals surface area contributed by atoms with E-state index in [1.165, 1.54) is 29.2 Å². The maximum atomic E-state index is 4.75. The molecule has 1 aromatic carbocycles. The Bertz CT molecular complexity index is 586. The Labute approximate surface area is 121 Å². The Morgan fingerprint density at radius 1 is 1.15 bits per heavy atom. The molecule has 1 aliphatic heterocycles. The highest BCUT2D eigenvalue weighted by molar-refractivity contribution is 5.94. The van der Waals surface area contributed by atoms with Crippen LogP contribution >= 0.6 is 0 Å². The van der Waals surface area contributed by atoms with E-state index in [1.54, 1.807) is 0 Å². The van der Waals surface area contributed by atoms with Gasteiger partial charge in [-0.2, -0.15) is 0 Å². The lowest BCUT2D eigenvalue weighted by atomic mass is 10.1. The van der Waals surface area contributed by atoms with Crippen LogP contribution in [-0.4, -0.2) is 24.1 Å². The van der Waals surface area contributed by atoms with Gasteiger partial charge in [0.15, 0.2) is 0 Å². The van der Waals surface area contributed by atoms with Crippen LogP contribution in [0.15, 0.2) is 30.5 Å². The second-order valence-electron chi connectivity index (χ2n) is 5.88. The van der Waals surface area contributed by atoms with E-state index in [9.17, 15) is 0 Å². The smallest absolute Gasteiger partial charge is 0.136 e. The van der Waals surface area contributed by atoms with Crippen LogP contribution in [0.5, 0.6) is 0 Å². The van der Waals surface area contributed by atoms with E-state index in [4.69, 9.17) is 4.98 Å². The van der Waals surface area contributed by atoms with Crippen molar-refractivity contribution in [3.05, 3.63) is 36.0 Å². The molecular weight excluding hydrogens is 246 g/mol. The molecule has 0 spiro atoms. The fourth-order valence-corrected chi connectivity index (χ4v) is 2.87. The summed E-state index contributed by atoms with van der Waals surface area (Å²) in [6.07, 6.45) is 4.62. The molecule has 2 aromatic rings. The first kappa shape index (κ1) is 13.4. The van der Waals surface area contributed by atoms with Gasteiger partial charge in [-0.25, -0.2) is 4.98 Å². The number of pyridine rings is 1. The summed E-state index contributed by atoms with van der Waals surface area (Å²) in [7, 11) is 0. The number of benzene rings is 1. The van der Waals surface area contributed by atoms with Crippen LogP contribution in [0.3, 0.4) is 0 Å². The maximum Gasteiger partial charge on any atom is 0.136 e. The van der Waals surface area contributed by atoms with Crippen molar-refractivity contribution in [3.8, 4) is 0 Å². The molecular formula is C17H23N3. The number of anilines is 1. The molecule has 0 amide bonds.